The standard InChI is InChI=1S/C27H29NO6S/c1-8-16-28(35(29,30)22-14-12-20(3)13-15-22)17-10-11-18-34-21(4)24-19-25(31-5)27(33-7)26(32-6)23(24)9-2/h1-2,12-15,19,21H,16-18H2,3-7H3/t21-/m1/s1. The van der Waals surface area contributed by atoms with Crippen molar-refractivity contribution < 1.29 is 27.4 Å². The van der Waals surface area contributed by atoms with Crippen molar-refractivity contribution in [2.45, 2.75) is 24.8 Å². The third-order valence-electron chi connectivity index (χ3n) is 5.16. The van der Waals surface area contributed by atoms with Gasteiger partial charge in [-0.05, 0) is 32.0 Å². The Morgan fingerprint density at radius 2 is 1.63 bits per heavy atom. The van der Waals surface area contributed by atoms with E-state index in [0.29, 0.717) is 28.4 Å². The molecular weight excluding hydrogens is 466 g/mol. The number of hydrogen-bond acceptors (Lipinski definition) is 6. The summed E-state index contributed by atoms with van der Waals surface area (Å²) in [7, 11) is 0.732. The summed E-state index contributed by atoms with van der Waals surface area (Å²) in [4.78, 5) is 0.161. The minimum absolute atomic E-state index is 0.0380. The van der Waals surface area contributed by atoms with Gasteiger partial charge in [0.05, 0.1) is 51.0 Å². The highest BCUT2D eigenvalue weighted by atomic mass is 32.2. The number of rotatable bonds is 10. The van der Waals surface area contributed by atoms with Gasteiger partial charge >= 0.3 is 0 Å². The Labute approximate surface area is 208 Å². The van der Waals surface area contributed by atoms with E-state index in [1.54, 1.807) is 30.3 Å². The molecule has 0 aliphatic heterocycles. The second-order valence-corrected chi connectivity index (χ2v) is 9.29. The zero-order valence-corrected chi connectivity index (χ0v) is 21.4. The summed E-state index contributed by atoms with van der Waals surface area (Å²) in [6.45, 7) is 3.57. The minimum atomic E-state index is -3.77. The van der Waals surface area contributed by atoms with Crippen LogP contribution < -0.4 is 14.2 Å². The highest BCUT2D eigenvalue weighted by Crippen LogP contribution is 2.43. The van der Waals surface area contributed by atoms with Crippen molar-refractivity contribution >= 4 is 10.0 Å². The zero-order chi connectivity index (χ0) is 26.0. The number of aryl methyl sites for hydroxylation is 1. The number of methoxy groups -OCH3 is 3. The molecule has 184 valence electrons. The summed E-state index contributed by atoms with van der Waals surface area (Å²) >= 11 is 0. The SMILES string of the molecule is C#CCN(CC#CCO[C@H](C)c1cc(OC)c(OC)c(OC)c1C#C)S(=O)(=O)c1ccc(C)cc1. The van der Waals surface area contributed by atoms with Crippen LogP contribution in [-0.2, 0) is 14.8 Å². The van der Waals surface area contributed by atoms with Gasteiger partial charge in [0, 0.05) is 5.56 Å². The molecule has 0 spiro atoms. The first-order valence-electron chi connectivity index (χ1n) is 10.6. The van der Waals surface area contributed by atoms with Gasteiger partial charge in [-0.15, -0.1) is 12.8 Å². The third kappa shape index (κ3) is 6.50. The normalized spacial score (nSPS) is 11.5. The van der Waals surface area contributed by atoms with Gasteiger partial charge in [-0.25, -0.2) is 8.42 Å². The fourth-order valence-corrected chi connectivity index (χ4v) is 4.54. The van der Waals surface area contributed by atoms with Crippen LogP contribution in [0.2, 0.25) is 0 Å². The summed E-state index contributed by atoms with van der Waals surface area (Å²) in [5.74, 6) is 11.9. The molecule has 35 heavy (non-hydrogen) atoms. The van der Waals surface area contributed by atoms with Gasteiger partial charge in [-0.2, -0.15) is 4.31 Å². The topological polar surface area (TPSA) is 74.3 Å². The van der Waals surface area contributed by atoms with Crippen LogP contribution in [0.15, 0.2) is 35.2 Å². The summed E-state index contributed by atoms with van der Waals surface area (Å²) in [6.07, 6.45) is 10.7. The monoisotopic (exact) mass is 495 g/mol. The van der Waals surface area contributed by atoms with Crippen molar-refractivity contribution in [2.24, 2.45) is 0 Å². The molecule has 1 atom stereocenters. The molecular formula is C27H29NO6S. The maximum atomic E-state index is 12.9. The van der Waals surface area contributed by atoms with Crippen LogP contribution in [-0.4, -0.2) is 53.7 Å². The van der Waals surface area contributed by atoms with Crippen molar-refractivity contribution in [3.8, 4) is 53.8 Å². The Balaban J connectivity index is 2.16. The van der Waals surface area contributed by atoms with E-state index in [-0.39, 0.29) is 24.6 Å². The Bertz CT molecular complexity index is 1270. The molecule has 0 aliphatic carbocycles. The van der Waals surface area contributed by atoms with E-state index >= 15 is 0 Å². The highest BCUT2D eigenvalue weighted by Gasteiger charge is 2.24. The van der Waals surface area contributed by atoms with Gasteiger partial charge < -0.3 is 18.9 Å². The molecule has 0 fully saturated rings. The minimum Gasteiger partial charge on any atom is -0.493 e. The number of ether oxygens (including phenoxy) is 4. The predicted octanol–water partition coefficient (Wildman–Crippen LogP) is 3.41. The highest BCUT2D eigenvalue weighted by molar-refractivity contribution is 7.89. The molecule has 0 unspecified atom stereocenters. The zero-order valence-electron chi connectivity index (χ0n) is 20.5. The largest absolute Gasteiger partial charge is 0.493 e. The Morgan fingerprint density at radius 3 is 2.17 bits per heavy atom. The smallest absolute Gasteiger partial charge is 0.244 e. The van der Waals surface area contributed by atoms with Crippen molar-refractivity contribution in [3.05, 3.63) is 47.0 Å². The average Bonchev–Trinajstić information content (AvgIpc) is 2.86. The Hall–Kier alpha value is -3.61. The van der Waals surface area contributed by atoms with E-state index in [2.05, 4.69) is 23.7 Å². The molecule has 0 amide bonds. The second kappa shape index (κ2) is 12.7. The summed E-state index contributed by atoms with van der Waals surface area (Å²) in [5, 5.41) is 0. The van der Waals surface area contributed by atoms with Crippen molar-refractivity contribution in [3.63, 3.8) is 0 Å². The molecule has 8 heteroatoms. The van der Waals surface area contributed by atoms with Crippen LogP contribution in [0, 0.1) is 43.5 Å². The maximum Gasteiger partial charge on any atom is 0.244 e. The van der Waals surface area contributed by atoms with Gasteiger partial charge in [-0.3, -0.25) is 0 Å². The maximum absolute atomic E-state index is 12.9. The molecule has 0 aromatic heterocycles. The lowest BCUT2D eigenvalue weighted by atomic mass is 10.0. The molecule has 0 bridgehead atoms. The average molecular weight is 496 g/mol. The van der Waals surface area contributed by atoms with E-state index < -0.39 is 16.1 Å². The summed E-state index contributed by atoms with van der Waals surface area (Å²) in [6, 6.07) is 8.29. The van der Waals surface area contributed by atoms with Crippen LogP contribution in [0.5, 0.6) is 17.2 Å². The van der Waals surface area contributed by atoms with Gasteiger partial charge in [0.15, 0.2) is 11.5 Å². The van der Waals surface area contributed by atoms with Crippen LogP contribution >= 0.6 is 0 Å². The molecule has 2 rings (SSSR count). The Morgan fingerprint density at radius 1 is 0.971 bits per heavy atom. The molecule has 2 aromatic rings. The fourth-order valence-electron chi connectivity index (χ4n) is 3.28. The van der Waals surface area contributed by atoms with Crippen LogP contribution in [0.1, 0.15) is 29.7 Å². The van der Waals surface area contributed by atoms with Crippen LogP contribution in [0.3, 0.4) is 0 Å². The lowest BCUT2D eigenvalue weighted by molar-refractivity contribution is 0.0918. The fraction of sp³-hybridized carbons (Fsp3) is 0.333. The number of hydrogen-bond donors (Lipinski definition) is 0. The van der Waals surface area contributed by atoms with E-state index in [1.165, 1.54) is 21.3 Å². The molecule has 0 radical (unpaired) electrons. The summed E-state index contributed by atoms with van der Waals surface area (Å²) in [5.41, 5.74) is 2.10. The van der Waals surface area contributed by atoms with E-state index in [0.717, 1.165) is 9.87 Å². The van der Waals surface area contributed by atoms with Crippen molar-refractivity contribution in [1.82, 2.24) is 4.31 Å². The molecule has 0 saturated carbocycles. The van der Waals surface area contributed by atoms with E-state index in [4.69, 9.17) is 31.8 Å². The van der Waals surface area contributed by atoms with Gasteiger partial charge in [0.1, 0.15) is 6.61 Å². The number of sulfonamides is 1. The molecule has 0 N–H and O–H groups in total. The second-order valence-electron chi connectivity index (χ2n) is 7.35. The quantitative estimate of drug-likeness (QED) is 0.471. The number of benzene rings is 2. The molecule has 0 heterocycles. The molecule has 7 nitrogen and oxygen atoms in total. The predicted molar refractivity (Wildman–Crippen MR) is 135 cm³/mol. The number of terminal acetylenes is 2. The molecule has 0 aliphatic rings. The number of nitrogens with zero attached hydrogens (tertiary/aromatic N) is 1. The van der Waals surface area contributed by atoms with Crippen molar-refractivity contribution in [1.29, 1.82) is 0 Å². The van der Waals surface area contributed by atoms with Gasteiger partial charge in [0.2, 0.25) is 15.8 Å². The van der Waals surface area contributed by atoms with Gasteiger partial charge in [0.25, 0.3) is 0 Å². The van der Waals surface area contributed by atoms with Crippen molar-refractivity contribution in [2.75, 3.05) is 41.0 Å². The molecule has 0 saturated heterocycles. The molecule has 2 aromatic carbocycles. The third-order valence-corrected chi connectivity index (χ3v) is 6.96. The summed E-state index contributed by atoms with van der Waals surface area (Å²) < 4.78 is 49.0. The first kappa shape index (κ1) is 27.6. The first-order chi connectivity index (χ1) is 16.7. The van der Waals surface area contributed by atoms with E-state index in [1.807, 2.05) is 13.8 Å². The first-order valence-corrected chi connectivity index (χ1v) is 12.1. The van der Waals surface area contributed by atoms with Crippen LogP contribution in [0.4, 0.5) is 0 Å². The van der Waals surface area contributed by atoms with Crippen LogP contribution in [0.25, 0.3) is 0 Å². The lowest BCUT2D eigenvalue weighted by Gasteiger charge is -2.20. The Kier molecular flexibility index (Phi) is 10.1. The lowest BCUT2D eigenvalue weighted by Crippen LogP contribution is -2.32. The van der Waals surface area contributed by atoms with E-state index in [9.17, 15) is 8.42 Å². The van der Waals surface area contributed by atoms with Gasteiger partial charge in [-0.1, -0.05) is 41.4 Å².